The molecule has 1 unspecified atom stereocenters. The lowest BCUT2D eigenvalue weighted by Crippen LogP contribution is -2.35. The lowest BCUT2D eigenvalue weighted by molar-refractivity contribution is -0.127. The van der Waals surface area contributed by atoms with Gasteiger partial charge in [-0.1, -0.05) is 53.5 Å². The van der Waals surface area contributed by atoms with Crippen molar-refractivity contribution in [2.75, 3.05) is 7.05 Å². The Kier molecular flexibility index (Phi) is 7.49. The maximum atomic E-state index is 12.2. The van der Waals surface area contributed by atoms with Gasteiger partial charge in [0.1, 0.15) is 10.8 Å². The Bertz CT molecular complexity index is 902. The van der Waals surface area contributed by atoms with Crippen LogP contribution in [0.1, 0.15) is 18.1 Å². The van der Waals surface area contributed by atoms with Crippen LogP contribution in [-0.2, 0) is 27.1 Å². The second kappa shape index (κ2) is 9.41. The average Bonchev–Trinajstić information content (AvgIpc) is 2.64. The molecule has 1 atom stereocenters. The smallest absolute Gasteiger partial charge is 0.261 e. The molecule has 0 aliphatic rings. The van der Waals surface area contributed by atoms with Crippen LogP contribution in [0.25, 0.3) is 0 Å². The van der Waals surface area contributed by atoms with Crippen LogP contribution in [0.15, 0.2) is 42.5 Å². The first-order valence-electron chi connectivity index (χ1n) is 8.09. The quantitative estimate of drug-likeness (QED) is 0.673. The van der Waals surface area contributed by atoms with Gasteiger partial charge in [-0.3, -0.25) is 4.79 Å². The van der Waals surface area contributed by atoms with Crippen molar-refractivity contribution in [2.45, 2.75) is 25.3 Å². The van der Waals surface area contributed by atoms with Crippen molar-refractivity contribution < 1.29 is 17.9 Å². The number of rotatable bonds is 8. The maximum Gasteiger partial charge on any atom is 0.261 e. The molecule has 9 heteroatoms. The zero-order chi connectivity index (χ0) is 20.0. The molecular formula is C18H20Cl2N2O4S. The van der Waals surface area contributed by atoms with Crippen LogP contribution < -0.4 is 14.8 Å². The van der Waals surface area contributed by atoms with E-state index in [-0.39, 0.29) is 23.2 Å². The molecule has 27 heavy (non-hydrogen) atoms. The Labute approximate surface area is 168 Å². The van der Waals surface area contributed by atoms with Gasteiger partial charge in [-0.15, -0.1) is 0 Å². The normalized spacial score (nSPS) is 12.4. The van der Waals surface area contributed by atoms with E-state index in [1.807, 2.05) is 0 Å². The fraction of sp³-hybridized carbons (Fsp3) is 0.278. The van der Waals surface area contributed by atoms with Crippen molar-refractivity contribution >= 4 is 39.1 Å². The summed E-state index contributed by atoms with van der Waals surface area (Å²) < 4.78 is 30.9. The molecule has 6 nitrogen and oxygen atoms in total. The van der Waals surface area contributed by atoms with Gasteiger partial charge in [-0.25, -0.2) is 13.1 Å². The zero-order valence-corrected chi connectivity index (χ0v) is 17.2. The molecule has 0 aliphatic carbocycles. The van der Waals surface area contributed by atoms with Gasteiger partial charge in [-0.2, -0.15) is 0 Å². The minimum atomic E-state index is -3.32. The molecule has 146 valence electrons. The van der Waals surface area contributed by atoms with Gasteiger partial charge in [-0.05, 0) is 37.2 Å². The third-order valence-corrected chi connectivity index (χ3v) is 5.88. The number of carbonyl (C=O) groups is 1. The highest BCUT2D eigenvalue weighted by atomic mass is 35.5. The van der Waals surface area contributed by atoms with E-state index in [2.05, 4.69) is 10.0 Å². The SMILES string of the molecule is CNS(=O)(=O)Cc1ccc(CNC(=O)C(C)Oc2cccc(Cl)c2Cl)cc1. The van der Waals surface area contributed by atoms with E-state index in [1.165, 1.54) is 7.05 Å². The molecule has 0 saturated heterocycles. The number of ether oxygens (including phenoxy) is 1. The van der Waals surface area contributed by atoms with Crippen LogP contribution in [0.5, 0.6) is 5.75 Å². The molecule has 2 N–H and O–H groups in total. The molecule has 0 aromatic heterocycles. The summed E-state index contributed by atoms with van der Waals surface area (Å²) in [4.78, 5) is 12.2. The summed E-state index contributed by atoms with van der Waals surface area (Å²) in [6, 6.07) is 11.9. The predicted molar refractivity (Wildman–Crippen MR) is 107 cm³/mol. The first kappa shape index (κ1) is 21.5. The molecule has 0 spiro atoms. The minimum Gasteiger partial charge on any atom is -0.479 e. The fourth-order valence-corrected chi connectivity index (χ4v) is 3.31. The zero-order valence-electron chi connectivity index (χ0n) is 14.8. The van der Waals surface area contributed by atoms with Gasteiger partial charge in [0.2, 0.25) is 10.0 Å². The van der Waals surface area contributed by atoms with Crippen LogP contribution in [0.2, 0.25) is 10.0 Å². The summed E-state index contributed by atoms with van der Waals surface area (Å²) in [5.74, 6) is -0.0729. The summed E-state index contributed by atoms with van der Waals surface area (Å²) in [5, 5.41) is 3.37. The molecule has 0 bridgehead atoms. The monoisotopic (exact) mass is 430 g/mol. The predicted octanol–water partition coefficient (Wildman–Crippen LogP) is 3.13. The lowest BCUT2D eigenvalue weighted by atomic mass is 10.1. The molecule has 0 saturated carbocycles. The third-order valence-electron chi connectivity index (χ3n) is 3.75. The van der Waals surface area contributed by atoms with E-state index in [4.69, 9.17) is 27.9 Å². The highest BCUT2D eigenvalue weighted by Gasteiger charge is 2.17. The van der Waals surface area contributed by atoms with Crippen LogP contribution in [0, 0.1) is 0 Å². The van der Waals surface area contributed by atoms with E-state index in [1.54, 1.807) is 49.4 Å². The van der Waals surface area contributed by atoms with Crippen molar-refractivity contribution in [3.05, 3.63) is 63.6 Å². The molecular weight excluding hydrogens is 411 g/mol. The third kappa shape index (κ3) is 6.39. The van der Waals surface area contributed by atoms with E-state index in [0.717, 1.165) is 5.56 Å². The summed E-state index contributed by atoms with van der Waals surface area (Å²) in [6.45, 7) is 1.90. The van der Waals surface area contributed by atoms with Gasteiger partial charge in [0.15, 0.2) is 6.10 Å². The Morgan fingerprint density at radius 1 is 1.11 bits per heavy atom. The Hall–Kier alpha value is -1.80. The minimum absolute atomic E-state index is 0.0958. The number of carbonyl (C=O) groups excluding carboxylic acids is 1. The van der Waals surface area contributed by atoms with Gasteiger partial charge < -0.3 is 10.1 Å². The number of hydrogen-bond donors (Lipinski definition) is 2. The lowest BCUT2D eigenvalue weighted by Gasteiger charge is -2.16. The van der Waals surface area contributed by atoms with Gasteiger partial charge in [0, 0.05) is 6.54 Å². The van der Waals surface area contributed by atoms with Gasteiger partial charge in [0.05, 0.1) is 10.8 Å². The molecule has 2 aromatic rings. The number of amides is 1. The fourth-order valence-electron chi connectivity index (χ4n) is 2.20. The summed E-state index contributed by atoms with van der Waals surface area (Å²) >= 11 is 12.0. The summed E-state index contributed by atoms with van der Waals surface area (Å²) in [7, 11) is -1.94. The van der Waals surface area contributed by atoms with Crippen LogP contribution in [-0.4, -0.2) is 27.5 Å². The first-order valence-corrected chi connectivity index (χ1v) is 10.5. The first-order chi connectivity index (χ1) is 12.7. The molecule has 1 amide bonds. The van der Waals surface area contributed by atoms with E-state index in [9.17, 15) is 13.2 Å². The Morgan fingerprint density at radius 3 is 2.37 bits per heavy atom. The number of halogens is 2. The Morgan fingerprint density at radius 2 is 1.74 bits per heavy atom. The standard InChI is InChI=1S/C18H20Cl2N2O4S/c1-12(26-16-5-3-4-15(19)17(16)20)18(23)22-10-13-6-8-14(9-7-13)11-27(24,25)21-2/h3-9,12,21H,10-11H2,1-2H3,(H,22,23). The second-order valence-electron chi connectivity index (χ2n) is 5.81. The summed E-state index contributed by atoms with van der Waals surface area (Å²) in [5.41, 5.74) is 1.49. The number of hydrogen-bond acceptors (Lipinski definition) is 4. The van der Waals surface area contributed by atoms with Crippen molar-refractivity contribution in [3.63, 3.8) is 0 Å². The van der Waals surface area contributed by atoms with Gasteiger partial charge in [0.25, 0.3) is 5.91 Å². The van der Waals surface area contributed by atoms with Crippen LogP contribution in [0.4, 0.5) is 0 Å². The molecule has 0 fully saturated rings. The number of sulfonamides is 1. The topological polar surface area (TPSA) is 84.5 Å². The van der Waals surface area contributed by atoms with E-state index >= 15 is 0 Å². The van der Waals surface area contributed by atoms with Crippen molar-refractivity contribution in [3.8, 4) is 5.75 Å². The maximum absolute atomic E-state index is 12.2. The van der Waals surface area contributed by atoms with Crippen molar-refractivity contribution in [2.24, 2.45) is 0 Å². The average molecular weight is 431 g/mol. The van der Waals surface area contributed by atoms with E-state index < -0.39 is 16.1 Å². The molecule has 0 radical (unpaired) electrons. The Balaban J connectivity index is 1.90. The molecule has 2 rings (SSSR count). The van der Waals surface area contributed by atoms with Crippen molar-refractivity contribution in [1.29, 1.82) is 0 Å². The van der Waals surface area contributed by atoms with Gasteiger partial charge >= 0.3 is 0 Å². The molecule has 2 aromatic carbocycles. The number of nitrogens with one attached hydrogen (secondary N) is 2. The van der Waals surface area contributed by atoms with Crippen LogP contribution >= 0.6 is 23.2 Å². The molecule has 0 aliphatic heterocycles. The summed E-state index contributed by atoms with van der Waals surface area (Å²) in [6.07, 6.45) is -0.763. The number of benzene rings is 2. The van der Waals surface area contributed by atoms with Crippen LogP contribution in [0.3, 0.4) is 0 Å². The van der Waals surface area contributed by atoms with Crippen molar-refractivity contribution in [1.82, 2.24) is 10.0 Å². The second-order valence-corrected chi connectivity index (χ2v) is 8.52. The van der Waals surface area contributed by atoms with E-state index in [0.29, 0.717) is 16.3 Å². The highest BCUT2D eigenvalue weighted by Crippen LogP contribution is 2.32. The highest BCUT2D eigenvalue weighted by molar-refractivity contribution is 7.88. The molecule has 0 heterocycles. The largest absolute Gasteiger partial charge is 0.479 e.